The highest BCUT2D eigenvalue weighted by atomic mass is 16.7. The first-order valence-corrected chi connectivity index (χ1v) is 27.8. The second kappa shape index (κ2) is 43.4. The minimum Gasteiger partial charge on any atom is -0.394 e. The van der Waals surface area contributed by atoms with Gasteiger partial charge < -0.3 is 65.1 Å². The molecule has 0 aromatic carbocycles. The number of aliphatic hydroxyl groups is 8. The van der Waals surface area contributed by atoms with Crippen LogP contribution in [0.25, 0.3) is 0 Å². The first-order chi connectivity index (χ1) is 35.1. The van der Waals surface area contributed by atoms with Gasteiger partial charge in [0.15, 0.2) is 12.6 Å². The van der Waals surface area contributed by atoms with Gasteiger partial charge in [0, 0.05) is 6.42 Å². The van der Waals surface area contributed by atoms with Crippen molar-refractivity contribution in [1.29, 1.82) is 0 Å². The molecule has 0 radical (unpaired) electrons. The summed E-state index contributed by atoms with van der Waals surface area (Å²) in [6.07, 6.45) is 41.1. The first kappa shape index (κ1) is 65.3. The van der Waals surface area contributed by atoms with Gasteiger partial charge in [-0.2, -0.15) is 0 Å². The van der Waals surface area contributed by atoms with Gasteiger partial charge in [-0.05, 0) is 70.6 Å². The summed E-state index contributed by atoms with van der Waals surface area (Å²) < 4.78 is 22.6. The fourth-order valence-electron chi connectivity index (χ4n) is 8.58. The Morgan fingerprint density at radius 2 is 0.972 bits per heavy atom. The zero-order valence-corrected chi connectivity index (χ0v) is 44.1. The van der Waals surface area contributed by atoms with Gasteiger partial charge in [-0.25, -0.2) is 0 Å². The van der Waals surface area contributed by atoms with Crippen LogP contribution in [0.2, 0.25) is 0 Å². The van der Waals surface area contributed by atoms with E-state index in [0.717, 1.165) is 70.6 Å². The zero-order chi connectivity index (χ0) is 52.4. The Balaban J connectivity index is 1.62. The van der Waals surface area contributed by atoms with E-state index in [9.17, 15) is 45.6 Å². The van der Waals surface area contributed by atoms with Crippen LogP contribution in [0.1, 0.15) is 181 Å². The molecule has 2 saturated heterocycles. The Bertz CT molecular complexity index is 1530. The highest BCUT2D eigenvalue weighted by molar-refractivity contribution is 5.76. The second-order valence-electron chi connectivity index (χ2n) is 19.3. The number of amides is 1. The molecule has 0 saturated carbocycles. The van der Waals surface area contributed by atoms with E-state index in [1.807, 2.05) is 6.08 Å². The van der Waals surface area contributed by atoms with Crippen molar-refractivity contribution in [1.82, 2.24) is 5.32 Å². The monoisotopic (exact) mass is 1020 g/mol. The quantitative estimate of drug-likeness (QED) is 0.0207. The lowest BCUT2D eigenvalue weighted by molar-refractivity contribution is -0.359. The first-order valence-electron chi connectivity index (χ1n) is 27.8. The van der Waals surface area contributed by atoms with Crippen molar-refractivity contribution < 1.29 is 64.6 Å². The topological polar surface area (TPSA) is 228 Å². The number of ether oxygens (including phenoxy) is 4. The normalized spacial score (nSPS) is 26.2. The molecule has 14 heteroatoms. The average molecular weight is 1020 g/mol. The van der Waals surface area contributed by atoms with Gasteiger partial charge in [-0.15, -0.1) is 0 Å². The fourth-order valence-corrected chi connectivity index (χ4v) is 8.58. The molecule has 2 aliphatic heterocycles. The van der Waals surface area contributed by atoms with E-state index in [-0.39, 0.29) is 18.9 Å². The number of allylic oxidation sites excluding steroid dienone is 13. The molecule has 9 N–H and O–H groups in total. The van der Waals surface area contributed by atoms with Crippen molar-refractivity contribution in [3.05, 3.63) is 85.1 Å². The van der Waals surface area contributed by atoms with E-state index < -0.39 is 86.8 Å². The third-order valence-electron chi connectivity index (χ3n) is 13.0. The highest BCUT2D eigenvalue weighted by Gasteiger charge is 2.51. The van der Waals surface area contributed by atoms with E-state index in [2.05, 4.69) is 92.1 Å². The highest BCUT2D eigenvalue weighted by Crippen LogP contribution is 2.30. The van der Waals surface area contributed by atoms with E-state index in [1.165, 1.54) is 77.0 Å². The van der Waals surface area contributed by atoms with Crippen molar-refractivity contribution in [2.75, 3.05) is 19.8 Å². The third kappa shape index (κ3) is 29.3. The summed E-state index contributed by atoms with van der Waals surface area (Å²) >= 11 is 0. The smallest absolute Gasteiger partial charge is 0.220 e. The molecule has 2 rings (SSSR count). The van der Waals surface area contributed by atoms with Crippen molar-refractivity contribution in [3.8, 4) is 0 Å². The van der Waals surface area contributed by atoms with Crippen LogP contribution < -0.4 is 5.32 Å². The van der Waals surface area contributed by atoms with Crippen LogP contribution in [-0.2, 0) is 23.7 Å². The van der Waals surface area contributed by atoms with E-state index in [0.29, 0.717) is 12.8 Å². The molecule has 72 heavy (non-hydrogen) atoms. The summed E-state index contributed by atoms with van der Waals surface area (Å²) in [5, 5.41) is 86.5. The van der Waals surface area contributed by atoms with Crippen molar-refractivity contribution in [3.63, 3.8) is 0 Å². The summed E-state index contributed by atoms with van der Waals surface area (Å²) in [6, 6.07) is -0.932. The molecule has 2 heterocycles. The van der Waals surface area contributed by atoms with Gasteiger partial charge >= 0.3 is 0 Å². The molecule has 1 amide bonds. The molecule has 0 aliphatic carbocycles. The molecule has 12 atom stereocenters. The number of unbranched alkanes of at least 4 members (excludes halogenated alkanes) is 17. The minimum atomic E-state index is -1.79. The van der Waals surface area contributed by atoms with E-state index >= 15 is 0 Å². The molecule has 0 aromatic rings. The number of aliphatic hydroxyl groups excluding tert-OH is 8. The molecule has 14 nitrogen and oxygen atoms in total. The summed E-state index contributed by atoms with van der Waals surface area (Å²) in [4.78, 5) is 13.1. The van der Waals surface area contributed by atoms with Crippen LogP contribution >= 0.6 is 0 Å². The molecule has 0 bridgehead atoms. The lowest BCUT2D eigenvalue weighted by Crippen LogP contribution is -2.65. The Kier molecular flexibility index (Phi) is 39.4. The van der Waals surface area contributed by atoms with Gasteiger partial charge in [0.05, 0.1) is 32.0 Å². The van der Waals surface area contributed by atoms with Crippen LogP contribution in [0.3, 0.4) is 0 Å². The maximum atomic E-state index is 13.1. The standard InChI is InChI=1S/C58H99NO13/c1-3-5-7-9-11-12-13-14-15-16-17-18-19-20-21-22-23-24-25-26-27-28-29-30-31-32-33-34-36-38-40-42-50(63)59-46(47(62)41-39-37-35-10-8-6-4-2)45-69-57-55(68)53(66)56(49(44-61)71-57)72-58-54(67)52(65)51(64)48(43-60)70-58/h5,7-8,10-12,14-15,17-18,20-21,39,41,46-49,51-58,60-62,64-68H,3-4,6,9,13,16,19,22-38,40,42-45H2,1-2H3,(H,59,63)/b7-5-,10-8+,12-11-,15-14-,18-17-,21-20-,41-39+. The van der Waals surface area contributed by atoms with Crippen molar-refractivity contribution in [2.45, 2.75) is 254 Å². The molecule has 2 fully saturated rings. The molecule has 2 aliphatic rings. The summed E-state index contributed by atoms with van der Waals surface area (Å²) in [5.74, 6) is -0.258. The molecular formula is C58H99NO13. The number of nitrogens with one attached hydrogen (secondary N) is 1. The summed E-state index contributed by atoms with van der Waals surface area (Å²) in [7, 11) is 0. The van der Waals surface area contributed by atoms with Crippen LogP contribution in [0.4, 0.5) is 0 Å². The number of carbonyl (C=O) groups is 1. The zero-order valence-electron chi connectivity index (χ0n) is 44.1. The van der Waals surface area contributed by atoms with Gasteiger partial charge in [0.25, 0.3) is 0 Å². The van der Waals surface area contributed by atoms with Crippen LogP contribution in [0, 0.1) is 0 Å². The van der Waals surface area contributed by atoms with Crippen LogP contribution in [-0.4, -0.2) is 140 Å². The maximum Gasteiger partial charge on any atom is 0.220 e. The van der Waals surface area contributed by atoms with Crippen LogP contribution in [0.15, 0.2) is 85.1 Å². The summed E-state index contributed by atoms with van der Waals surface area (Å²) in [6.45, 7) is 2.52. The van der Waals surface area contributed by atoms with Gasteiger partial charge in [0.1, 0.15) is 48.8 Å². The van der Waals surface area contributed by atoms with Gasteiger partial charge in [-0.1, -0.05) is 189 Å². The Morgan fingerprint density at radius 3 is 1.51 bits per heavy atom. The van der Waals surface area contributed by atoms with Crippen molar-refractivity contribution in [2.24, 2.45) is 0 Å². The number of hydrogen-bond acceptors (Lipinski definition) is 13. The fraction of sp³-hybridized carbons (Fsp3) is 0.741. The number of carbonyl (C=O) groups excluding carboxylic acids is 1. The average Bonchev–Trinajstić information content (AvgIpc) is 3.38. The maximum absolute atomic E-state index is 13.1. The van der Waals surface area contributed by atoms with Gasteiger partial charge in [0.2, 0.25) is 5.91 Å². The van der Waals surface area contributed by atoms with E-state index in [1.54, 1.807) is 6.08 Å². The molecule has 0 aromatic heterocycles. The molecular weight excluding hydrogens is 919 g/mol. The molecule has 414 valence electrons. The molecule has 0 spiro atoms. The SMILES string of the molecule is CC/C=C\C/C=C\C/C=C\C/C=C\C/C=C\CCCCCCCCCCCCCCCCCC(=O)NC(COC1OC(CO)C(OC2OC(CO)C(O)C(O)C2O)C(O)C1O)C(O)/C=C/CC/C=C/CCC. The minimum absolute atomic E-state index is 0.258. The third-order valence-corrected chi connectivity index (χ3v) is 13.0. The second-order valence-corrected chi connectivity index (χ2v) is 19.3. The largest absolute Gasteiger partial charge is 0.394 e. The summed E-state index contributed by atoms with van der Waals surface area (Å²) in [5.41, 5.74) is 0. The predicted octanol–water partition coefficient (Wildman–Crippen LogP) is 8.55. The number of rotatable bonds is 42. The lowest BCUT2D eigenvalue weighted by Gasteiger charge is -2.46. The van der Waals surface area contributed by atoms with E-state index in [4.69, 9.17) is 18.9 Å². The Morgan fingerprint density at radius 1 is 0.514 bits per heavy atom. The molecule has 12 unspecified atom stereocenters. The van der Waals surface area contributed by atoms with Crippen molar-refractivity contribution >= 4 is 5.91 Å². The van der Waals surface area contributed by atoms with Gasteiger partial charge in [-0.3, -0.25) is 4.79 Å². The Labute approximate surface area is 433 Å². The Hall–Kier alpha value is -2.83. The number of hydrogen-bond donors (Lipinski definition) is 9. The lowest BCUT2D eigenvalue weighted by atomic mass is 9.97. The predicted molar refractivity (Wildman–Crippen MR) is 286 cm³/mol. The van der Waals surface area contributed by atoms with Crippen LogP contribution in [0.5, 0.6) is 0 Å².